The molecule has 32 heavy (non-hydrogen) atoms. The number of nitrogens with one attached hydrogen (secondary N) is 1. The first kappa shape index (κ1) is 22.4. The molecule has 1 fully saturated rings. The van der Waals surface area contributed by atoms with Gasteiger partial charge in [-0.1, -0.05) is 30.3 Å². The maximum atomic E-state index is 14.6. The van der Waals surface area contributed by atoms with Crippen LogP contribution in [0.2, 0.25) is 0 Å². The zero-order valence-electron chi connectivity index (χ0n) is 17.8. The molecular formula is C24H26F3N3O2. The minimum absolute atomic E-state index is 0.0296. The maximum absolute atomic E-state index is 14.6. The van der Waals surface area contributed by atoms with Crippen LogP contribution in [0.4, 0.5) is 18.0 Å². The lowest BCUT2D eigenvalue weighted by Crippen LogP contribution is -2.58. The number of halogens is 3. The van der Waals surface area contributed by atoms with Crippen LogP contribution in [-0.2, 0) is 5.54 Å². The number of aliphatic hydroxyl groups is 1. The quantitative estimate of drug-likeness (QED) is 0.760. The standard InChI is InChI=1S/C24H26F3N3O2/c1-29(22-9-10-28-13-21(22)27)23(32)30-14-16(19-11-18(25)7-8-20(19)26)12-24(30,15-31)17-5-3-2-4-6-17/h2-8,11-12,21-22,28,31H,9-10,13-15H2,1H3/t21?,22?,24-/m1/s1. The second-order valence-corrected chi connectivity index (χ2v) is 8.30. The molecule has 2 heterocycles. The minimum atomic E-state index is -1.29. The van der Waals surface area contributed by atoms with Gasteiger partial charge in [0, 0.05) is 25.7 Å². The SMILES string of the molecule is CN(C(=O)N1CC(c2cc(F)ccc2F)=C[C@@]1(CO)c1ccccc1)C1CCNCC1F. The van der Waals surface area contributed by atoms with E-state index in [9.17, 15) is 23.1 Å². The lowest BCUT2D eigenvalue weighted by molar-refractivity contribution is 0.0600. The molecule has 0 spiro atoms. The molecule has 1 saturated heterocycles. The molecule has 0 radical (unpaired) electrons. The first-order chi connectivity index (χ1) is 15.4. The molecule has 2 unspecified atom stereocenters. The summed E-state index contributed by atoms with van der Waals surface area (Å²) in [5.41, 5.74) is -0.261. The van der Waals surface area contributed by atoms with E-state index in [2.05, 4.69) is 5.32 Å². The lowest BCUT2D eigenvalue weighted by Gasteiger charge is -2.42. The highest BCUT2D eigenvalue weighted by Crippen LogP contribution is 2.41. The number of urea groups is 1. The summed E-state index contributed by atoms with van der Waals surface area (Å²) in [4.78, 5) is 16.4. The van der Waals surface area contributed by atoms with E-state index < -0.39 is 42.0 Å². The van der Waals surface area contributed by atoms with Gasteiger partial charge < -0.3 is 20.2 Å². The molecule has 0 aliphatic carbocycles. The van der Waals surface area contributed by atoms with Gasteiger partial charge in [-0.15, -0.1) is 0 Å². The normalized spacial score (nSPS) is 25.5. The summed E-state index contributed by atoms with van der Waals surface area (Å²) in [6.45, 7) is 0.220. The van der Waals surface area contributed by atoms with Crippen molar-refractivity contribution in [2.24, 2.45) is 0 Å². The number of alkyl halides is 1. The zero-order chi connectivity index (χ0) is 22.9. The molecule has 2 N–H and O–H groups in total. The molecule has 170 valence electrons. The van der Waals surface area contributed by atoms with Crippen LogP contribution in [0.25, 0.3) is 5.57 Å². The van der Waals surface area contributed by atoms with Crippen molar-refractivity contribution in [3.05, 3.63) is 77.4 Å². The second-order valence-electron chi connectivity index (χ2n) is 8.30. The van der Waals surface area contributed by atoms with Crippen molar-refractivity contribution < 1.29 is 23.1 Å². The highest BCUT2D eigenvalue weighted by molar-refractivity contribution is 5.83. The molecule has 5 nitrogen and oxygen atoms in total. The molecular weight excluding hydrogens is 419 g/mol. The summed E-state index contributed by atoms with van der Waals surface area (Å²) in [5.74, 6) is -1.23. The van der Waals surface area contributed by atoms with Gasteiger partial charge in [0.2, 0.25) is 0 Å². The summed E-state index contributed by atoms with van der Waals surface area (Å²) >= 11 is 0. The Bertz CT molecular complexity index is 1020. The van der Waals surface area contributed by atoms with Crippen LogP contribution in [0.15, 0.2) is 54.6 Å². The van der Waals surface area contributed by atoms with Crippen LogP contribution in [0, 0.1) is 11.6 Å². The summed E-state index contributed by atoms with van der Waals surface area (Å²) in [6.07, 6.45) is 0.836. The van der Waals surface area contributed by atoms with Crippen LogP contribution in [0.1, 0.15) is 17.5 Å². The number of amides is 2. The highest BCUT2D eigenvalue weighted by Gasteiger charge is 2.47. The Labute approximate surface area is 185 Å². The van der Waals surface area contributed by atoms with E-state index in [0.29, 0.717) is 24.1 Å². The van der Waals surface area contributed by atoms with Crippen molar-refractivity contribution >= 4 is 11.6 Å². The third kappa shape index (κ3) is 3.89. The van der Waals surface area contributed by atoms with Gasteiger partial charge in [0.1, 0.15) is 23.3 Å². The predicted octanol–water partition coefficient (Wildman–Crippen LogP) is 3.30. The van der Waals surface area contributed by atoms with Gasteiger partial charge in [-0.05, 0) is 48.4 Å². The molecule has 0 bridgehead atoms. The van der Waals surface area contributed by atoms with Gasteiger partial charge in [0.05, 0.1) is 12.6 Å². The van der Waals surface area contributed by atoms with Crippen LogP contribution < -0.4 is 5.32 Å². The van der Waals surface area contributed by atoms with Crippen molar-refractivity contribution in [3.8, 4) is 0 Å². The largest absolute Gasteiger partial charge is 0.393 e. The lowest BCUT2D eigenvalue weighted by atomic mass is 9.89. The minimum Gasteiger partial charge on any atom is -0.393 e. The van der Waals surface area contributed by atoms with Crippen molar-refractivity contribution in [3.63, 3.8) is 0 Å². The highest BCUT2D eigenvalue weighted by atomic mass is 19.1. The number of hydrogen-bond donors (Lipinski definition) is 2. The summed E-state index contributed by atoms with van der Waals surface area (Å²) in [5, 5.41) is 13.5. The Balaban J connectivity index is 1.77. The van der Waals surface area contributed by atoms with Gasteiger partial charge >= 0.3 is 6.03 Å². The molecule has 3 atom stereocenters. The monoisotopic (exact) mass is 445 g/mol. The van der Waals surface area contributed by atoms with E-state index in [1.807, 2.05) is 0 Å². The Hall–Kier alpha value is -2.84. The van der Waals surface area contributed by atoms with E-state index in [1.165, 1.54) is 9.80 Å². The molecule has 2 amide bonds. The molecule has 2 aromatic carbocycles. The molecule has 8 heteroatoms. The van der Waals surface area contributed by atoms with Crippen LogP contribution >= 0.6 is 0 Å². The number of piperidine rings is 1. The average Bonchev–Trinajstić information content (AvgIpc) is 3.21. The number of hydrogen-bond acceptors (Lipinski definition) is 3. The fourth-order valence-corrected chi connectivity index (χ4v) is 4.63. The molecule has 0 aromatic heterocycles. The van der Waals surface area contributed by atoms with E-state index >= 15 is 0 Å². The van der Waals surface area contributed by atoms with E-state index in [1.54, 1.807) is 43.5 Å². The number of carbonyl (C=O) groups is 1. The molecule has 4 rings (SSSR count). The van der Waals surface area contributed by atoms with E-state index in [4.69, 9.17) is 0 Å². The van der Waals surface area contributed by atoms with Gasteiger partial charge in [0.25, 0.3) is 0 Å². The second kappa shape index (κ2) is 8.96. The number of nitrogens with zero attached hydrogens (tertiary/aromatic N) is 2. The number of carbonyl (C=O) groups excluding carboxylic acids is 1. The van der Waals surface area contributed by atoms with Crippen LogP contribution in [-0.4, -0.2) is 66.4 Å². The molecule has 2 aromatic rings. The number of rotatable bonds is 4. The summed E-state index contributed by atoms with van der Waals surface area (Å²) in [7, 11) is 1.54. The molecule has 2 aliphatic rings. The first-order valence-electron chi connectivity index (χ1n) is 10.6. The fraction of sp³-hybridized carbons (Fsp3) is 0.375. The molecule has 0 saturated carbocycles. The van der Waals surface area contributed by atoms with Crippen molar-refractivity contribution in [2.45, 2.75) is 24.2 Å². The smallest absolute Gasteiger partial charge is 0.321 e. The number of aliphatic hydroxyl groups excluding tert-OH is 1. The van der Waals surface area contributed by atoms with E-state index in [0.717, 1.165) is 18.2 Å². The Morgan fingerprint density at radius 3 is 2.69 bits per heavy atom. The van der Waals surface area contributed by atoms with Crippen LogP contribution in [0.3, 0.4) is 0 Å². The molecule has 2 aliphatic heterocycles. The Kier molecular flexibility index (Phi) is 6.26. The number of benzene rings is 2. The summed E-state index contributed by atoms with van der Waals surface area (Å²) in [6, 6.07) is 10.9. The van der Waals surface area contributed by atoms with Crippen molar-refractivity contribution in [1.82, 2.24) is 15.1 Å². The first-order valence-corrected chi connectivity index (χ1v) is 10.6. The topological polar surface area (TPSA) is 55.8 Å². The predicted molar refractivity (Wildman–Crippen MR) is 116 cm³/mol. The van der Waals surface area contributed by atoms with Gasteiger partial charge in [0.15, 0.2) is 0 Å². The third-order valence-corrected chi connectivity index (χ3v) is 6.42. The Morgan fingerprint density at radius 2 is 2.00 bits per heavy atom. The van der Waals surface area contributed by atoms with Crippen molar-refractivity contribution in [1.29, 1.82) is 0 Å². The average molecular weight is 445 g/mol. The zero-order valence-corrected chi connectivity index (χ0v) is 17.8. The van der Waals surface area contributed by atoms with Gasteiger partial charge in [-0.25, -0.2) is 18.0 Å². The van der Waals surface area contributed by atoms with Gasteiger partial charge in [-0.2, -0.15) is 0 Å². The van der Waals surface area contributed by atoms with Crippen molar-refractivity contribution in [2.75, 3.05) is 33.3 Å². The Morgan fingerprint density at radius 1 is 1.25 bits per heavy atom. The van der Waals surface area contributed by atoms with E-state index in [-0.39, 0.29) is 18.7 Å². The third-order valence-electron chi connectivity index (χ3n) is 6.42. The fourth-order valence-electron chi connectivity index (χ4n) is 4.63. The summed E-state index contributed by atoms with van der Waals surface area (Å²) < 4.78 is 43.0. The maximum Gasteiger partial charge on any atom is 0.321 e. The van der Waals surface area contributed by atoms with Gasteiger partial charge in [-0.3, -0.25) is 0 Å². The van der Waals surface area contributed by atoms with Crippen LogP contribution in [0.5, 0.6) is 0 Å².